The summed E-state index contributed by atoms with van der Waals surface area (Å²) in [6, 6.07) is 12.0. The summed E-state index contributed by atoms with van der Waals surface area (Å²) in [6.45, 7) is 5.77. The van der Waals surface area contributed by atoms with Crippen LogP contribution in [0.4, 0.5) is 0 Å². The first-order valence-electron chi connectivity index (χ1n) is 10.6. The number of rotatable bonds is 7. The van der Waals surface area contributed by atoms with Gasteiger partial charge in [0.05, 0.1) is 34.4 Å². The van der Waals surface area contributed by atoms with Gasteiger partial charge >= 0.3 is 0 Å². The Morgan fingerprint density at radius 1 is 1.18 bits per heavy atom. The molecule has 0 unspecified atom stereocenters. The van der Waals surface area contributed by atoms with Gasteiger partial charge in [-0.2, -0.15) is 0 Å². The molecule has 34 heavy (non-hydrogen) atoms. The SMILES string of the molecule is CC(=O)c1sc2nc(CSc3nnc(-c4ccoc4C)n3Cc3ccccc3)[nH]c(=O)c2c1C. The molecule has 0 amide bonds. The van der Waals surface area contributed by atoms with Crippen LogP contribution < -0.4 is 5.56 Å². The van der Waals surface area contributed by atoms with Crippen molar-refractivity contribution in [2.24, 2.45) is 0 Å². The fourth-order valence-corrected chi connectivity index (χ4v) is 5.75. The van der Waals surface area contributed by atoms with Crippen LogP contribution in [0.15, 0.2) is 57.0 Å². The van der Waals surface area contributed by atoms with E-state index in [0.717, 1.165) is 22.7 Å². The first kappa shape index (κ1) is 22.3. The fourth-order valence-electron chi connectivity index (χ4n) is 3.85. The van der Waals surface area contributed by atoms with E-state index in [4.69, 9.17) is 4.42 Å². The molecule has 5 rings (SSSR count). The lowest BCUT2D eigenvalue weighted by molar-refractivity contribution is 0.102. The molecule has 0 aliphatic rings. The van der Waals surface area contributed by atoms with Crippen molar-refractivity contribution in [3.05, 3.63) is 80.6 Å². The van der Waals surface area contributed by atoms with Crippen molar-refractivity contribution in [2.75, 3.05) is 0 Å². The van der Waals surface area contributed by atoms with Gasteiger partial charge in [-0.3, -0.25) is 14.2 Å². The van der Waals surface area contributed by atoms with E-state index in [-0.39, 0.29) is 11.3 Å². The number of carbonyl (C=O) groups is 1. The average molecular weight is 492 g/mol. The number of hydrogen-bond acceptors (Lipinski definition) is 8. The number of thioether (sulfide) groups is 1. The number of aromatic amines is 1. The van der Waals surface area contributed by atoms with Crippen LogP contribution in [0.25, 0.3) is 21.6 Å². The largest absolute Gasteiger partial charge is 0.469 e. The zero-order valence-corrected chi connectivity index (χ0v) is 20.4. The molecule has 0 bridgehead atoms. The zero-order valence-electron chi connectivity index (χ0n) is 18.8. The minimum Gasteiger partial charge on any atom is -0.469 e. The molecule has 0 aliphatic carbocycles. The third-order valence-corrected chi connectivity index (χ3v) is 7.77. The monoisotopic (exact) mass is 491 g/mol. The molecule has 172 valence electrons. The van der Waals surface area contributed by atoms with Gasteiger partial charge in [0.25, 0.3) is 5.56 Å². The predicted octanol–water partition coefficient (Wildman–Crippen LogP) is 5.00. The molecule has 0 radical (unpaired) electrons. The van der Waals surface area contributed by atoms with Crippen molar-refractivity contribution in [2.45, 2.75) is 38.2 Å². The summed E-state index contributed by atoms with van der Waals surface area (Å²) in [6.07, 6.45) is 1.64. The number of fused-ring (bicyclic) bond motifs is 1. The maximum absolute atomic E-state index is 12.7. The third kappa shape index (κ3) is 4.10. The van der Waals surface area contributed by atoms with Crippen molar-refractivity contribution in [3.63, 3.8) is 0 Å². The van der Waals surface area contributed by atoms with Crippen LogP contribution in [-0.2, 0) is 12.3 Å². The predicted molar refractivity (Wildman–Crippen MR) is 133 cm³/mol. The molecule has 1 aromatic carbocycles. The standard InChI is InChI=1S/C24H21N5O3S2/c1-13-19-22(31)25-18(26-23(19)34-20(13)14(2)30)12-33-24-28-27-21(17-9-10-32-15(17)3)29(24)11-16-7-5-4-6-8-16/h4-10H,11-12H2,1-3H3,(H,25,26,31). The number of thiophene rings is 1. The topological polar surface area (TPSA) is 107 Å². The Labute approximate surface area is 203 Å². The van der Waals surface area contributed by atoms with Gasteiger partial charge in [0, 0.05) is 0 Å². The normalized spacial score (nSPS) is 11.4. The van der Waals surface area contributed by atoms with Gasteiger partial charge < -0.3 is 9.40 Å². The number of ketones is 1. The number of benzene rings is 1. The molecule has 0 atom stereocenters. The smallest absolute Gasteiger partial charge is 0.259 e. The van der Waals surface area contributed by atoms with Crippen molar-refractivity contribution >= 4 is 39.1 Å². The minimum absolute atomic E-state index is 0.0630. The fraction of sp³-hybridized carbons (Fsp3) is 0.208. The number of furan rings is 1. The average Bonchev–Trinajstić information content (AvgIpc) is 3.50. The Morgan fingerprint density at radius 3 is 2.68 bits per heavy atom. The first-order chi connectivity index (χ1) is 16.4. The molecule has 5 aromatic rings. The van der Waals surface area contributed by atoms with Crippen molar-refractivity contribution < 1.29 is 9.21 Å². The van der Waals surface area contributed by atoms with E-state index in [0.29, 0.717) is 43.9 Å². The molecule has 10 heteroatoms. The number of aromatic nitrogens is 5. The van der Waals surface area contributed by atoms with Gasteiger partial charge in [0.15, 0.2) is 16.8 Å². The lowest BCUT2D eigenvalue weighted by Crippen LogP contribution is -2.11. The van der Waals surface area contributed by atoms with Gasteiger partial charge in [-0.25, -0.2) is 4.98 Å². The number of carbonyl (C=O) groups excluding carboxylic acids is 1. The quantitative estimate of drug-likeness (QED) is 0.252. The van der Waals surface area contributed by atoms with E-state index < -0.39 is 0 Å². The van der Waals surface area contributed by atoms with Gasteiger partial charge in [-0.1, -0.05) is 42.1 Å². The Bertz CT molecular complexity index is 1560. The minimum atomic E-state index is -0.234. The molecule has 0 spiro atoms. The lowest BCUT2D eigenvalue weighted by atomic mass is 10.2. The maximum Gasteiger partial charge on any atom is 0.259 e. The van der Waals surface area contributed by atoms with Gasteiger partial charge in [-0.05, 0) is 38.0 Å². The zero-order chi connectivity index (χ0) is 23.8. The highest BCUT2D eigenvalue weighted by molar-refractivity contribution is 7.98. The van der Waals surface area contributed by atoms with Gasteiger partial charge in [-0.15, -0.1) is 21.5 Å². The highest BCUT2D eigenvalue weighted by Crippen LogP contribution is 2.30. The lowest BCUT2D eigenvalue weighted by Gasteiger charge is -2.10. The van der Waals surface area contributed by atoms with Crippen LogP contribution in [-0.4, -0.2) is 30.5 Å². The van der Waals surface area contributed by atoms with Gasteiger partial charge in [0.2, 0.25) is 0 Å². The summed E-state index contributed by atoms with van der Waals surface area (Å²) in [5.74, 6) is 2.34. The third-order valence-electron chi connectivity index (χ3n) is 5.51. The van der Waals surface area contributed by atoms with Crippen LogP contribution in [0.3, 0.4) is 0 Å². The molecule has 0 saturated heterocycles. The molecular formula is C24H21N5O3S2. The summed E-state index contributed by atoms with van der Waals surface area (Å²) in [5.41, 5.74) is 2.45. The van der Waals surface area contributed by atoms with Crippen LogP contribution in [0.5, 0.6) is 0 Å². The summed E-state index contributed by atoms with van der Waals surface area (Å²) >= 11 is 2.70. The maximum atomic E-state index is 12.7. The molecular weight excluding hydrogens is 470 g/mol. The van der Waals surface area contributed by atoms with Crippen LogP contribution in [0.2, 0.25) is 0 Å². The van der Waals surface area contributed by atoms with Crippen LogP contribution >= 0.6 is 23.1 Å². The highest BCUT2D eigenvalue weighted by Gasteiger charge is 2.20. The van der Waals surface area contributed by atoms with E-state index in [9.17, 15) is 9.59 Å². The van der Waals surface area contributed by atoms with E-state index in [1.54, 1.807) is 13.2 Å². The molecule has 0 fully saturated rings. The Hall–Kier alpha value is -3.50. The number of Topliss-reactive ketones (excluding diaryl/α,β-unsaturated/α-hetero) is 1. The second-order valence-corrected chi connectivity index (χ2v) is 9.80. The van der Waals surface area contributed by atoms with Crippen LogP contribution in [0.1, 0.15) is 39.3 Å². The Morgan fingerprint density at radius 2 is 1.97 bits per heavy atom. The number of hydrogen-bond donors (Lipinski definition) is 1. The second-order valence-electron chi connectivity index (χ2n) is 7.86. The van der Waals surface area contributed by atoms with Crippen molar-refractivity contribution in [1.29, 1.82) is 0 Å². The van der Waals surface area contributed by atoms with E-state index in [1.807, 2.05) is 35.8 Å². The summed E-state index contributed by atoms with van der Waals surface area (Å²) < 4.78 is 7.52. The van der Waals surface area contributed by atoms with Crippen LogP contribution in [0, 0.1) is 13.8 Å². The second kappa shape index (κ2) is 9.03. The number of aryl methyl sites for hydroxylation is 2. The van der Waals surface area contributed by atoms with E-state index in [2.05, 4.69) is 32.3 Å². The molecule has 0 saturated carbocycles. The van der Waals surface area contributed by atoms with Crippen molar-refractivity contribution in [3.8, 4) is 11.4 Å². The van der Waals surface area contributed by atoms with E-state index in [1.165, 1.54) is 30.0 Å². The summed E-state index contributed by atoms with van der Waals surface area (Å²) in [4.78, 5) is 33.2. The highest BCUT2D eigenvalue weighted by atomic mass is 32.2. The Balaban J connectivity index is 1.48. The van der Waals surface area contributed by atoms with Gasteiger partial charge in [0.1, 0.15) is 16.4 Å². The molecule has 0 aliphatic heterocycles. The molecule has 1 N–H and O–H groups in total. The summed E-state index contributed by atoms with van der Waals surface area (Å²) in [5, 5.41) is 10.0. The molecule has 4 heterocycles. The molecule has 4 aromatic heterocycles. The summed E-state index contributed by atoms with van der Waals surface area (Å²) in [7, 11) is 0. The first-order valence-corrected chi connectivity index (χ1v) is 12.4. The number of nitrogens with one attached hydrogen (secondary N) is 1. The Kier molecular flexibility index (Phi) is 5.93. The molecule has 8 nitrogen and oxygen atoms in total. The van der Waals surface area contributed by atoms with Crippen molar-refractivity contribution in [1.82, 2.24) is 24.7 Å². The number of nitrogens with zero attached hydrogens (tertiary/aromatic N) is 4. The van der Waals surface area contributed by atoms with E-state index >= 15 is 0 Å². The number of H-pyrrole nitrogens is 1.